The summed E-state index contributed by atoms with van der Waals surface area (Å²) in [7, 11) is 1.78. The highest BCUT2D eigenvalue weighted by Crippen LogP contribution is 2.35. The summed E-state index contributed by atoms with van der Waals surface area (Å²) in [6.45, 7) is 0. The number of nitriles is 1. The minimum atomic E-state index is -0.853. The monoisotopic (exact) mass is 218 g/mol. The zero-order valence-electron chi connectivity index (χ0n) is 9.31. The van der Waals surface area contributed by atoms with Gasteiger partial charge in [-0.2, -0.15) is 5.26 Å². The van der Waals surface area contributed by atoms with Gasteiger partial charge in [-0.05, 0) is 12.8 Å². The molecule has 0 amide bonds. The van der Waals surface area contributed by atoms with Gasteiger partial charge in [0, 0.05) is 26.1 Å². The number of ketones is 1. The van der Waals surface area contributed by atoms with Crippen LogP contribution in [0.5, 0.6) is 0 Å². The molecule has 1 heterocycles. The molecular weight excluding hydrogens is 204 g/mol. The quantitative estimate of drug-likeness (QED) is 0.742. The molecule has 0 radical (unpaired) electrons. The molecule has 2 rings (SSSR count). The van der Waals surface area contributed by atoms with E-state index in [0.717, 1.165) is 18.5 Å². The van der Waals surface area contributed by atoms with E-state index >= 15 is 0 Å². The Morgan fingerprint density at radius 3 is 3.00 bits per heavy atom. The Kier molecular flexibility index (Phi) is 2.73. The van der Waals surface area contributed by atoms with Crippen molar-refractivity contribution in [2.24, 2.45) is 12.5 Å². The zero-order chi connectivity index (χ0) is 11.6. The first kappa shape index (κ1) is 10.8. The summed E-state index contributed by atoms with van der Waals surface area (Å²) in [5, 5.41) is 17.0. The van der Waals surface area contributed by atoms with Gasteiger partial charge in [-0.25, -0.2) is 0 Å². The fraction of sp³-hybridized carbons (Fsp3) is 0.636. The summed E-state index contributed by atoms with van der Waals surface area (Å²) < 4.78 is 1.59. The van der Waals surface area contributed by atoms with E-state index in [0.29, 0.717) is 19.3 Å². The lowest BCUT2D eigenvalue weighted by molar-refractivity contribution is -0.128. The maximum absolute atomic E-state index is 11.9. The molecule has 0 aromatic carbocycles. The SMILES string of the molecule is Cn1cc(CC2(C#N)CCCCC2=O)nn1. The molecule has 5 nitrogen and oxygen atoms in total. The minimum absolute atomic E-state index is 0.0619. The predicted molar refractivity (Wildman–Crippen MR) is 56.2 cm³/mol. The van der Waals surface area contributed by atoms with Gasteiger partial charge in [0.2, 0.25) is 0 Å². The van der Waals surface area contributed by atoms with Crippen LogP contribution in [0.1, 0.15) is 31.4 Å². The number of carbonyl (C=O) groups is 1. The molecule has 16 heavy (non-hydrogen) atoms. The number of carbonyl (C=O) groups excluding carboxylic acids is 1. The van der Waals surface area contributed by atoms with E-state index in [1.807, 2.05) is 0 Å². The molecule has 1 aromatic heterocycles. The van der Waals surface area contributed by atoms with Crippen molar-refractivity contribution in [2.45, 2.75) is 32.1 Å². The van der Waals surface area contributed by atoms with Crippen molar-refractivity contribution in [3.05, 3.63) is 11.9 Å². The summed E-state index contributed by atoms with van der Waals surface area (Å²) >= 11 is 0. The van der Waals surface area contributed by atoms with Crippen molar-refractivity contribution < 1.29 is 4.79 Å². The smallest absolute Gasteiger partial charge is 0.153 e. The molecule has 1 aliphatic rings. The lowest BCUT2D eigenvalue weighted by atomic mass is 9.71. The van der Waals surface area contributed by atoms with Gasteiger partial charge in [-0.1, -0.05) is 11.6 Å². The second-order valence-corrected chi connectivity index (χ2v) is 4.38. The molecule has 0 N–H and O–H groups in total. The molecule has 1 atom stereocenters. The normalized spacial score (nSPS) is 25.4. The van der Waals surface area contributed by atoms with Crippen LogP contribution >= 0.6 is 0 Å². The Hall–Kier alpha value is -1.70. The molecule has 0 bridgehead atoms. The molecule has 1 saturated carbocycles. The molecule has 0 spiro atoms. The van der Waals surface area contributed by atoms with Crippen LogP contribution in [0.15, 0.2) is 6.20 Å². The average molecular weight is 218 g/mol. The summed E-state index contributed by atoms with van der Waals surface area (Å²) in [6, 6.07) is 2.20. The number of Topliss-reactive ketones (excluding diaryl/α,β-unsaturated/α-hetero) is 1. The topological polar surface area (TPSA) is 71.6 Å². The van der Waals surface area contributed by atoms with Crippen LogP contribution in [0.2, 0.25) is 0 Å². The van der Waals surface area contributed by atoms with Gasteiger partial charge < -0.3 is 0 Å². The van der Waals surface area contributed by atoms with Crippen molar-refractivity contribution in [2.75, 3.05) is 0 Å². The van der Waals surface area contributed by atoms with Crippen LogP contribution in [0.3, 0.4) is 0 Å². The van der Waals surface area contributed by atoms with E-state index in [1.54, 1.807) is 17.9 Å². The molecule has 5 heteroatoms. The molecule has 1 aliphatic carbocycles. The maximum Gasteiger partial charge on any atom is 0.153 e. The van der Waals surface area contributed by atoms with E-state index in [2.05, 4.69) is 16.4 Å². The van der Waals surface area contributed by atoms with E-state index < -0.39 is 5.41 Å². The van der Waals surface area contributed by atoms with Crippen LogP contribution in [-0.2, 0) is 18.3 Å². The van der Waals surface area contributed by atoms with Gasteiger partial charge in [-0.15, -0.1) is 5.10 Å². The Labute approximate surface area is 94.1 Å². The number of hydrogen-bond acceptors (Lipinski definition) is 4. The van der Waals surface area contributed by atoms with Crippen molar-refractivity contribution in [3.8, 4) is 6.07 Å². The third-order valence-corrected chi connectivity index (χ3v) is 3.14. The first-order chi connectivity index (χ1) is 7.66. The Morgan fingerprint density at radius 1 is 1.62 bits per heavy atom. The van der Waals surface area contributed by atoms with Crippen LogP contribution in [0.25, 0.3) is 0 Å². The zero-order valence-corrected chi connectivity index (χ0v) is 9.31. The first-order valence-corrected chi connectivity index (χ1v) is 5.46. The molecule has 0 aliphatic heterocycles. The van der Waals surface area contributed by atoms with E-state index in [-0.39, 0.29) is 5.78 Å². The van der Waals surface area contributed by atoms with Gasteiger partial charge in [0.05, 0.1) is 11.8 Å². The molecule has 1 fully saturated rings. The number of aryl methyl sites for hydroxylation is 1. The fourth-order valence-electron chi connectivity index (χ4n) is 2.22. The number of hydrogen-bond donors (Lipinski definition) is 0. The largest absolute Gasteiger partial charge is 0.298 e. The number of aromatic nitrogens is 3. The summed E-state index contributed by atoms with van der Waals surface area (Å²) in [5.41, 5.74) is -0.131. The summed E-state index contributed by atoms with van der Waals surface area (Å²) in [4.78, 5) is 11.9. The summed E-state index contributed by atoms with van der Waals surface area (Å²) in [6.07, 6.45) is 5.19. The highest BCUT2D eigenvalue weighted by atomic mass is 16.1. The second-order valence-electron chi connectivity index (χ2n) is 4.38. The van der Waals surface area contributed by atoms with E-state index in [9.17, 15) is 10.1 Å². The van der Waals surface area contributed by atoms with Crippen LogP contribution < -0.4 is 0 Å². The second kappa shape index (κ2) is 4.05. The van der Waals surface area contributed by atoms with Crippen molar-refractivity contribution in [1.82, 2.24) is 15.0 Å². The lowest BCUT2D eigenvalue weighted by Crippen LogP contribution is -2.35. The Morgan fingerprint density at radius 2 is 2.44 bits per heavy atom. The van der Waals surface area contributed by atoms with Crippen LogP contribution in [0, 0.1) is 16.7 Å². The average Bonchev–Trinajstić information content (AvgIpc) is 2.67. The summed E-state index contributed by atoms with van der Waals surface area (Å²) in [5.74, 6) is 0.0619. The third-order valence-electron chi connectivity index (χ3n) is 3.14. The van der Waals surface area contributed by atoms with E-state index in [1.165, 1.54) is 0 Å². The molecule has 0 saturated heterocycles. The maximum atomic E-state index is 11.9. The van der Waals surface area contributed by atoms with Crippen molar-refractivity contribution >= 4 is 5.78 Å². The molecule has 1 aromatic rings. The van der Waals surface area contributed by atoms with Gasteiger partial charge in [0.1, 0.15) is 5.41 Å². The number of nitrogens with zero attached hydrogens (tertiary/aromatic N) is 4. The third kappa shape index (κ3) is 1.83. The molecule has 1 unspecified atom stereocenters. The molecular formula is C11H14N4O. The highest BCUT2D eigenvalue weighted by Gasteiger charge is 2.40. The first-order valence-electron chi connectivity index (χ1n) is 5.46. The van der Waals surface area contributed by atoms with E-state index in [4.69, 9.17) is 0 Å². The fourth-order valence-corrected chi connectivity index (χ4v) is 2.22. The van der Waals surface area contributed by atoms with Gasteiger partial charge in [-0.3, -0.25) is 9.48 Å². The lowest BCUT2D eigenvalue weighted by Gasteiger charge is -2.28. The highest BCUT2D eigenvalue weighted by molar-refractivity contribution is 5.88. The molecule has 84 valence electrons. The van der Waals surface area contributed by atoms with Crippen LogP contribution in [-0.4, -0.2) is 20.8 Å². The number of rotatable bonds is 2. The van der Waals surface area contributed by atoms with Gasteiger partial charge in [0.25, 0.3) is 0 Å². The predicted octanol–water partition coefficient (Wildman–Crippen LogP) is 1.01. The van der Waals surface area contributed by atoms with Gasteiger partial charge >= 0.3 is 0 Å². The Balaban J connectivity index is 2.22. The van der Waals surface area contributed by atoms with Crippen LogP contribution in [0.4, 0.5) is 0 Å². The minimum Gasteiger partial charge on any atom is -0.298 e. The van der Waals surface area contributed by atoms with Gasteiger partial charge in [0.15, 0.2) is 5.78 Å². The standard InChI is InChI=1S/C11H14N4O/c1-15-7-9(13-14-15)6-11(8-12)5-3-2-4-10(11)16/h7H,2-6H2,1H3. The van der Waals surface area contributed by atoms with Crippen molar-refractivity contribution in [3.63, 3.8) is 0 Å². The van der Waals surface area contributed by atoms with Crippen molar-refractivity contribution in [1.29, 1.82) is 5.26 Å². The Bertz CT molecular complexity index is 445.